The van der Waals surface area contributed by atoms with Crippen LogP contribution in [-0.2, 0) is 11.2 Å². The molecule has 0 saturated carbocycles. The smallest absolute Gasteiger partial charge is 0.228 e. The van der Waals surface area contributed by atoms with E-state index in [2.05, 4.69) is 5.32 Å². The molecule has 0 aliphatic heterocycles. The van der Waals surface area contributed by atoms with Gasteiger partial charge in [-0.05, 0) is 38.5 Å². The standard InChI is InChI=1S/C15H17NO2/c1-10-11(2)18-12(3)14(10)9-15(17)16-13-7-5-4-6-8-13/h4-8H,9H2,1-3H3,(H,16,17). The molecule has 1 aromatic carbocycles. The minimum atomic E-state index is -0.0202. The van der Waals surface area contributed by atoms with Gasteiger partial charge in [0.1, 0.15) is 11.5 Å². The van der Waals surface area contributed by atoms with Gasteiger partial charge in [-0.25, -0.2) is 0 Å². The fraction of sp³-hybridized carbons (Fsp3) is 0.267. The normalized spacial score (nSPS) is 10.4. The number of hydrogen-bond acceptors (Lipinski definition) is 2. The number of amides is 1. The third-order valence-corrected chi connectivity index (χ3v) is 3.11. The molecule has 0 aliphatic rings. The molecule has 0 saturated heterocycles. The van der Waals surface area contributed by atoms with Crippen molar-refractivity contribution in [3.05, 3.63) is 53.0 Å². The van der Waals surface area contributed by atoms with E-state index >= 15 is 0 Å². The van der Waals surface area contributed by atoms with Crippen molar-refractivity contribution in [1.82, 2.24) is 0 Å². The van der Waals surface area contributed by atoms with Crippen LogP contribution in [0.2, 0.25) is 0 Å². The first kappa shape index (κ1) is 12.4. The molecular formula is C15H17NO2. The Morgan fingerprint density at radius 2 is 1.78 bits per heavy atom. The molecule has 0 radical (unpaired) electrons. The van der Waals surface area contributed by atoms with Crippen LogP contribution in [0.25, 0.3) is 0 Å². The zero-order valence-corrected chi connectivity index (χ0v) is 10.9. The lowest BCUT2D eigenvalue weighted by Crippen LogP contribution is -2.15. The number of carbonyl (C=O) groups is 1. The second-order valence-electron chi connectivity index (χ2n) is 4.41. The first-order chi connectivity index (χ1) is 8.58. The summed E-state index contributed by atoms with van der Waals surface area (Å²) in [6.07, 6.45) is 0.351. The predicted octanol–water partition coefficient (Wildman–Crippen LogP) is 3.39. The second-order valence-corrected chi connectivity index (χ2v) is 4.41. The average molecular weight is 243 g/mol. The van der Waals surface area contributed by atoms with Crippen LogP contribution in [0, 0.1) is 20.8 Å². The minimum Gasteiger partial charge on any atom is -0.466 e. The molecule has 0 spiro atoms. The first-order valence-corrected chi connectivity index (χ1v) is 5.98. The summed E-state index contributed by atoms with van der Waals surface area (Å²) in [5, 5.41) is 2.87. The maximum Gasteiger partial charge on any atom is 0.228 e. The third kappa shape index (κ3) is 2.62. The zero-order chi connectivity index (χ0) is 13.1. The van der Waals surface area contributed by atoms with Crippen LogP contribution < -0.4 is 5.32 Å². The highest BCUT2D eigenvalue weighted by Gasteiger charge is 2.14. The van der Waals surface area contributed by atoms with Crippen LogP contribution in [0.4, 0.5) is 5.69 Å². The van der Waals surface area contributed by atoms with Crippen molar-refractivity contribution in [1.29, 1.82) is 0 Å². The molecule has 1 amide bonds. The number of aryl methyl sites for hydroxylation is 2. The highest BCUT2D eigenvalue weighted by Crippen LogP contribution is 2.21. The molecule has 2 aromatic rings. The fourth-order valence-corrected chi connectivity index (χ4v) is 1.99. The molecule has 0 unspecified atom stereocenters. The Kier molecular flexibility index (Phi) is 3.51. The van der Waals surface area contributed by atoms with Crippen LogP contribution >= 0.6 is 0 Å². The van der Waals surface area contributed by atoms with E-state index in [1.807, 2.05) is 51.1 Å². The summed E-state index contributed by atoms with van der Waals surface area (Å²) in [6, 6.07) is 9.46. The molecule has 2 rings (SSSR count). The van der Waals surface area contributed by atoms with Gasteiger partial charge in [-0.1, -0.05) is 18.2 Å². The Labute approximate surface area is 107 Å². The van der Waals surface area contributed by atoms with Crippen LogP contribution in [0.1, 0.15) is 22.6 Å². The van der Waals surface area contributed by atoms with E-state index in [9.17, 15) is 4.79 Å². The first-order valence-electron chi connectivity index (χ1n) is 5.98. The number of anilines is 1. The molecule has 0 atom stereocenters. The SMILES string of the molecule is Cc1oc(C)c(CC(=O)Nc2ccccc2)c1C. The Morgan fingerprint density at radius 3 is 2.33 bits per heavy atom. The van der Waals surface area contributed by atoms with Gasteiger partial charge < -0.3 is 9.73 Å². The summed E-state index contributed by atoms with van der Waals surface area (Å²) in [5.74, 6) is 1.69. The van der Waals surface area contributed by atoms with Crippen molar-refractivity contribution < 1.29 is 9.21 Å². The highest BCUT2D eigenvalue weighted by atomic mass is 16.3. The van der Waals surface area contributed by atoms with Gasteiger partial charge in [-0.3, -0.25) is 4.79 Å². The van der Waals surface area contributed by atoms with E-state index in [0.29, 0.717) is 6.42 Å². The third-order valence-electron chi connectivity index (χ3n) is 3.11. The lowest BCUT2D eigenvalue weighted by Gasteiger charge is -2.05. The summed E-state index contributed by atoms with van der Waals surface area (Å²) in [4.78, 5) is 11.9. The van der Waals surface area contributed by atoms with E-state index in [1.54, 1.807) is 0 Å². The molecule has 94 valence electrons. The largest absolute Gasteiger partial charge is 0.466 e. The molecule has 0 fully saturated rings. The number of benzene rings is 1. The summed E-state index contributed by atoms with van der Waals surface area (Å²) < 4.78 is 5.52. The Morgan fingerprint density at radius 1 is 1.11 bits per heavy atom. The van der Waals surface area contributed by atoms with Gasteiger partial charge in [-0.2, -0.15) is 0 Å². The topological polar surface area (TPSA) is 42.2 Å². The molecule has 0 aliphatic carbocycles. The lowest BCUT2D eigenvalue weighted by molar-refractivity contribution is -0.115. The minimum absolute atomic E-state index is 0.0202. The summed E-state index contributed by atoms with van der Waals surface area (Å²) in [5.41, 5.74) is 2.87. The van der Waals surface area contributed by atoms with Gasteiger partial charge in [0.05, 0.1) is 6.42 Å². The monoisotopic (exact) mass is 243 g/mol. The van der Waals surface area contributed by atoms with Gasteiger partial charge in [0, 0.05) is 11.3 Å². The van der Waals surface area contributed by atoms with E-state index in [4.69, 9.17) is 4.42 Å². The number of furan rings is 1. The fourth-order valence-electron chi connectivity index (χ4n) is 1.99. The number of carbonyl (C=O) groups excluding carboxylic acids is 1. The molecule has 0 bridgehead atoms. The summed E-state index contributed by atoms with van der Waals surface area (Å²) in [6.45, 7) is 5.79. The Balaban J connectivity index is 2.08. The van der Waals surface area contributed by atoms with Crippen LogP contribution in [0.5, 0.6) is 0 Å². The number of para-hydroxylation sites is 1. The van der Waals surface area contributed by atoms with Gasteiger partial charge >= 0.3 is 0 Å². The predicted molar refractivity (Wildman–Crippen MR) is 71.7 cm³/mol. The molecule has 1 aromatic heterocycles. The van der Waals surface area contributed by atoms with Crippen molar-refractivity contribution in [3.63, 3.8) is 0 Å². The Bertz CT molecular complexity index is 555. The average Bonchev–Trinajstić information content (AvgIpc) is 2.57. The molecule has 1 heterocycles. The summed E-state index contributed by atoms with van der Waals surface area (Å²) >= 11 is 0. The maximum absolute atomic E-state index is 11.9. The zero-order valence-electron chi connectivity index (χ0n) is 10.9. The molecular weight excluding hydrogens is 226 g/mol. The second kappa shape index (κ2) is 5.08. The van der Waals surface area contributed by atoms with Crippen molar-refractivity contribution >= 4 is 11.6 Å². The lowest BCUT2D eigenvalue weighted by atomic mass is 10.1. The quantitative estimate of drug-likeness (QED) is 0.897. The van der Waals surface area contributed by atoms with Gasteiger partial charge in [0.15, 0.2) is 0 Å². The number of nitrogens with one attached hydrogen (secondary N) is 1. The number of hydrogen-bond donors (Lipinski definition) is 1. The van der Waals surface area contributed by atoms with Gasteiger partial charge in [0.2, 0.25) is 5.91 Å². The molecule has 3 heteroatoms. The summed E-state index contributed by atoms with van der Waals surface area (Å²) in [7, 11) is 0. The van der Waals surface area contributed by atoms with Crippen LogP contribution in [-0.4, -0.2) is 5.91 Å². The van der Waals surface area contributed by atoms with E-state index in [-0.39, 0.29) is 5.91 Å². The maximum atomic E-state index is 11.9. The van der Waals surface area contributed by atoms with E-state index in [1.165, 1.54) is 0 Å². The van der Waals surface area contributed by atoms with Crippen LogP contribution in [0.3, 0.4) is 0 Å². The Hall–Kier alpha value is -2.03. The van der Waals surface area contributed by atoms with E-state index in [0.717, 1.165) is 28.3 Å². The van der Waals surface area contributed by atoms with Gasteiger partial charge in [-0.15, -0.1) is 0 Å². The molecule has 1 N–H and O–H groups in total. The van der Waals surface area contributed by atoms with Crippen molar-refractivity contribution in [3.8, 4) is 0 Å². The van der Waals surface area contributed by atoms with E-state index < -0.39 is 0 Å². The van der Waals surface area contributed by atoms with Crippen molar-refractivity contribution in [2.45, 2.75) is 27.2 Å². The number of rotatable bonds is 3. The van der Waals surface area contributed by atoms with Crippen LogP contribution in [0.15, 0.2) is 34.7 Å². The molecule has 3 nitrogen and oxygen atoms in total. The van der Waals surface area contributed by atoms with Gasteiger partial charge in [0.25, 0.3) is 0 Å². The highest BCUT2D eigenvalue weighted by molar-refractivity contribution is 5.92. The molecule has 18 heavy (non-hydrogen) atoms. The van der Waals surface area contributed by atoms with Crippen molar-refractivity contribution in [2.75, 3.05) is 5.32 Å². The van der Waals surface area contributed by atoms with Crippen molar-refractivity contribution in [2.24, 2.45) is 0 Å².